The van der Waals surface area contributed by atoms with Gasteiger partial charge in [-0.25, -0.2) is 14.8 Å². The van der Waals surface area contributed by atoms with Crippen LogP contribution in [0.4, 0.5) is 5.13 Å². The van der Waals surface area contributed by atoms with Gasteiger partial charge >= 0.3 is 5.97 Å². The number of imidazole rings is 1. The van der Waals surface area contributed by atoms with Gasteiger partial charge in [0.25, 0.3) is 5.91 Å². The number of carbonyl (C=O) groups excluding carboxylic acids is 2. The van der Waals surface area contributed by atoms with E-state index in [0.717, 1.165) is 40.6 Å². The minimum atomic E-state index is -0.334. The third kappa shape index (κ3) is 5.03. The van der Waals surface area contributed by atoms with Crippen molar-refractivity contribution in [2.24, 2.45) is 0 Å². The Bertz CT molecular complexity index is 1180. The van der Waals surface area contributed by atoms with Gasteiger partial charge in [-0.3, -0.25) is 4.79 Å². The van der Waals surface area contributed by atoms with Gasteiger partial charge in [0.05, 0.1) is 28.1 Å². The molecule has 0 unspecified atom stereocenters. The van der Waals surface area contributed by atoms with Gasteiger partial charge in [-0.05, 0) is 38.4 Å². The van der Waals surface area contributed by atoms with E-state index in [9.17, 15) is 9.59 Å². The van der Waals surface area contributed by atoms with Crippen molar-refractivity contribution in [3.05, 3.63) is 40.4 Å². The molecular formula is C23H29ClN6O3S. The molecule has 2 atom stereocenters. The van der Waals surface area contributed by atoms with Crippen molar-refractivity contribution in [1.82, 2.24) is 25.6 Å². The van der Waals surface area contributed by atoms with E-state index in [1.807, 2.05) is 26.0 Å². The molecule has 1 aromatic carbocycles. The summed E-state index contributed by atoms with van der Waals surface area (Å²) >= 11 is 7.60. The summed E-state index contributed by atoms with van der Waals surface area (Å²) < 4.78 is 6.03. The Balaban J connectivity index is 1.50. The van der Waals surface area contributed by atoms with E-state index in [1.165, 1.54) is 11.3 Å². The smallest absolute Gasteiger partial charge is 0.339 e. The normalized spacial score (nSPS) is 18.3. The van der Waals surface area contributed by atoms with Crippen LogP contribution in [0.25, 0.3) is 10.2 Å². The number of nitrogens with zero attached hydrogens (tertiary/aromatic N) is 3. The van der Waals surface area contributed by atoms with Crippen LogP contribution in [0.1, 0.15) is 53.9 Å². The van der Waals surface area contributed by atoms with Crippen LogP contribution in [-0.4, -0.2) is 65.2 Å². The number of fused-ring (bicyclic) bond motifs is 1. The summed E-state index contributed by atoms with van der Waals surface area (Å²) in [4.78, 5) is 39.3. The summed E-state index contributed by atoms with van der Waals surface area (Å²) in [6.45, 7) is 8.28. The number of amides is 1. The molecule has 0 bridgehead atoms. The van der Waals surface area contributed by atoms with Crippen LogP contribution in [0.15, 0.2) is 18.2 Å². The fourth-order valence-electron chi connectivity index (χ4n) is 4.18. The molecule has 9 nitrogen and oxygen atoms in total. The number of benzene rings is 1. The molecule has 1 aliphatic heterocycles. The van der Waals surface area contributed by atoms with Gasteiger partial charge in [0.1, 0.15) is 0 Å². The molecule has 2 aromatic heterocycles. The molecule has 1 saturated heterocycles. The molecule has 0 aliphatic carbocycles. The number of hydrogen-bond donors (Lipinski definition) is 3. The topological polar surface area (TPSA) is 112 Å². The van der Waals surface area contributed by atoms with Crippen LogP contribution < -0.4 is 15.5 Å². The number of esters is 1. The zero-order valence-electron chi connectivity index (χ0n) is 19.5. The molecule has 3 heterocycles. The van der Waals surface area contributed by atoms with Crippen molar-refractivity contribution in [2.45, 2.75) is 45.7 Å². The molecule has 34 heavy (non-hydrogen) atoms. The molecule has 0 spiro atoms. The van der Waals surface area contributed by atoms with Gasteiger partial charge in [-0.2, -0.15) is 0 Å². The van der Waals surface area contributed by atoms with Crippen molar-refractivity contribution in [2.75, 3.05) is 31.1 Å². The number of rotatable bonds is 8. The molecule has 182 valence electrons. The van der Waals surface area contributed by atoms with Crippen molar-refractivity contribution in [1.29, 1.82) is 0 Å². The van der Waals surface area contributed by atoms with Gasteiger partial charge in [-0.15, -0.1) is 0 Å². The van der Waals surface area contributed by atoms with E-state index in [-0.39, 0.29) is 29.8 Å². The number of hydrogen-bond acceptors (Lipinski definition) is 8. The SMILES string of the molecule is CCN[C@H]1CN(c2nc3cccc(C(=O)OCC)c3s2)CC[C@H]1NC(=O)c1nc(Cl)c(CC)[nH]1. The zero-order valence-corrected chi connectivity index (χ0v) is 21.1. The maximum atomic E-state index is 12.8. The molecule has 1 amide bonds. The van der Waals surface area contributed by atoms with E-state index < -0.39 is 0 Å². The van der Waals surface area contributed by atoms with Gasteiger partial charge in [0, 0.05) is 25.2 Å². The third-order valence-electron chi connectivity index (χ3n) is 5.86. The van der Waals surface area contributed by atoms with E-state index >= 15 is 0 Å². The first-order valence-electron chi connectivity index (χ1n) is 11.5. The number of ether oxygens (including phenoxy) is 1. The second kappa shape index (κ2) is 10.7. The monoisotopic (exact) mass is 504 g/mol. The largest absolute Gasteiger partial charge is 0.462 e. The van der Waals surface area contributed by atoms with E-state index in [1.54, 1.807) is 13.0 Å². The van der Waals surface area contributed by atoms with Gasteiger partial charge < -0.3 is 25.3 Å². The number of carbonyl (C=O) groups is 2. The van der Waals surface area contributed by atoms with Crippen LogP contribution in [0.3, 0.4) is 0 Å². The molecule has 1 fully saturated rings. The summed E-state index contributed by atoms with van der Waals surface area (Å²) in [7, 11) is 0. The fourth-order valence-corrected chi connectivity index (χ4v) is 5.54. The first-order valence-corrected chi connectivity index (χ1v) is 12.7. The Kier molecular flexibility index (Phi) is 7.70. The van der Waals surface area contributed by atoms with E-state index in [0.29, 0.717) is 30.3 Å². The summed E-state index contributed by atoms with van der Waals surface area (Å²) in [6.07, 6.45) is 1.41. The van der Waals surface area contributed by atoms with Gasteiger partial charge in [-0.1, -0.05) is 42.9 Å². The third-order valence-corrected chi connectivity index (χ3v) is 7.34. The zero-order chi connectivity index (χ0) is 24.2. The number of thiazole rings is 1. The maximum absolute atomic E-state index is 12.8. The van der Waals surface area contributed by atoms with Crippen molar-refractivity contribution in [3.8, 4) is 0 Å². The number of H-pyrrole nitrogens is 1. The summed E-state index contributed by atoms with van der Waals surface area (Å²) in [5, 5.41) is 7.79. The highest BCUT2D eigenvalue weighted by Gasteiger charge is 2.32. The van der Waals surface area contributed by atoms with Crippen molar-refractivity contribution in [3.63, 3.8) is 0 Å². The number of anilines is 1. The number of piperidine rings is 1. The second-order valence-electron chi connectivity index (χ2n) is 8.06. The first kappa shape index (κ1) is 24.4. The van der Waals surface area contributed by atoms with Crippen LogP contribution in [-0.2, 0) is 11.2 Å². The second-order valence-corrected chi connectivity index (χ2v) is 9.39. The molecule has 4 rings (SSSR count). The lowest BCUT2D eigenvalue weighted by Crippen LogP contribution is -2.59. The number of nitrogens with one attached hydrogen (secondary N) is 3. The quantitative estimate of drug-likeness (QED) is 0.403. The summed E-state index contributed by atoms with van der Waals surface area (Å²) in [6, 6.07) is 5.46. The standard InChI is InChI=1S/C23H29ClN6O3S/c1-4-14-19(24)29-20(26-14)21(31)27-15-10-11-30(12-17(15)25-5-2)23-28-16-9-7-8-13(18(16)34-23)22(32)33-6-3/h7-9,15,17,25H,4-6,10-12H2,1-3H3,(H,26,29)(H,27,31)/t15-,17+/m1/s1. The average molecular weight is 505 g/mol. The molecule has 0 radical (unpaired) electrons. The van der Waals surface area contributed by atoms with Crippen molar-refractivity contribution < 1.29 is 14.3 Å². The van der Waals surface area contributed by atoms with Crippen LogP contribution in [0.2, 0.25) is 5.15 Å². The highest BCUT2D eigenvalue weighted by atomic mass is 35.5. The average Bonchev–Trinajstić information content (AvgIpc) is 3.43. The van der Waals surface area contributed by atoms with Crippen LogP contribution in [0, 0.1) is 0 Å². The van der Waals surface area contributed by atoms with Gasteiger partial charge in [0.2, 0.25) is 0 Å². The minimum absolute atomic E-state index is 0.0234. The molecule has 11 heteroatoms. The Morgan fingerprint density at radius 2 is 2.09 bits per heavy atom. The molecule has 3 aromatic rings. The van der Waals surface area contributed by atoms with Crippen LogP contribution >= 0.6 is 22.9 Å². The van der Waals surface area contributed by atoms with Gasteiger partial charge in [0.15, 0.2) is 16.1 Å². The number of halogens is 1. The van der Waals surface area contributed by atoms with Crippen LogP contribution in [0.5, 0.6) is 0 Å². The Labute approximate surface area is 207 Å². The fraction of sp³-hybridized carbons (Fsp3) is 0.478. The number of aryl methyl sites for hydroxylation is 1. The van der Waals surface area contributed by atoms with E-state index in [4.69, 9.17) is 21.3 Å². The van der Waals surface area contributed by atoms with Crippen molar-refractivity contribution >= 4 is 50.2 Å². The summed E-state index contributed by atoms with van der Waals surface area (Å²) in [5.74, 6) is -0.362. The predicted octanol–water partition coefficient (Wildman–Crippen LogP) is 3.40. The Morgan fingerprint density at radius 1 is 1.26 bits per heavy atom. The Morgan fingerprint density at radius 3 is 2.79 bits per heavy atom. The Hall–Kier alpha value is -2.69. The lowest BCUT2D eigenvalue weighted by molar-refractivity contribution is 0.0528. The van der Waals surface area contributed by atoms with E-state index in [2.05, 4.69) is 25.5 Å². The minimum Gasteiger partial charge on any atom is -0.462 e. The highest BCUT2D eigenvalue weighted by molar-refractivity contribution is 7.22. The first-order chi connectivity index (χ1) is 16.4. The lowest BCUT2D eigenvalue weighted by atomic mass is 9.99. The molecule has 3 N–H and O–H groups in total. The number of aromatic nitrogens is 3. The molecular weight excluding hydrogens is 476 g/mol. The number of likely N-dealkylation sites (N-methyl/N-ethyl adjacent to an activating group) is 1. The molecule has 1 aliphatic rings. The highest BCUT2D eigenvalue weighted by Crippen LogP contribution is 2.33. The predicted molar refractivity (Wildman–Crippen MR) is 134 cm³/mol. The summed E-state index contributed by atoms with van der Waals surface area (Å²) in [5.41, 5.74) is 2.07. The lowest BCUT2D eigenvalue weighted by Gasteiger charge is -2.39. The molecule has 0 saturated carbocycles. The number of aromatic amines is 1. The maximum Gasteiger partial charge on any atom is 0.339 e.